The Balaban J connectivity index is 1.14. The minimum absolute atomic E-state index is 0.206. The maximum atomic E-state index is 7.03. The summed E-state index contributed by atoms with van der Waals surface area (Å²) in [6.07, 6.45) is 31.8. The molecule has 0 saturated heterocycles. The van der Waals surface area contributed by atoms with E-state index in [0.717, 1.165) is 38.5 Å². The first-order valence-corrected chi connectivity index (χ1v) is 63.4. The monoisotopic (exact) mass is 1700 g/mol. The Morgan fingerprint density at radius 1 is 0.240 bits per heavy atom. The number of hydrogen-bond donors (Lipinski definition) is 0. The molecule has 560 valence electrons. The molecule has 0 aromatic carbocycles. The van der Waals surface area contributed by atoms with Gasteiger partial charge in [-0.15, -0.1) is 0 Å². The standard InChI is InChI=1S/C64H120O12S16Si4/c1-13-65-93(66-14-2,67-15-3)59(47-51-33-37-55(59)43-51)77-85-89-81-63(82-90-86-78-60(48-52-34-38-56(60)44-52)94(68-16-4,69-17-5)70-18-6)41-31-29-27-25-26-28-30-32-42-64(63,83-91-87-79-61(49-53-35-39-57(61)45-53)95(71-19-7,72-20-8)73-21-9)84-92-88-80-62(50-54-36-40-58(62)46-54)96(74-22-10,75-23-11)76-24-12/h51-58H,13-50H2,1-12H3. The zero-order chi connectivity index (χ0) is 68.3. The van der Waals surface area contributed by atoms with Gasteiger partial charge >= 0.3 is 35.2 Å². The molecule has 9 aliphatic carbocycles. The van der Waals surface area contributed by atoms with E-state index in [9.17, 15) is 0 Å². The third-order valence-electron chi connectivity index (χ3n) is 22.1. The van der Waals surface area contributed by atoms with Crippen LogP contribution in [0.1, 0.15) is 250 Å². The van der Waals surface area contributed by atoms with E-state index < -0.39 is 35.2 Å². The highest BCUT2D eigenvalue weighted by molar-refractivity contribution is 9.31. The van der Waals surface area contributed by atoms with Crippen molar-refractivity contribution >= 4 is 200 Å². The van der Waals surface area contributed by atoms with Crippen molar-refractivity contribution in [2.24, 2.45) is 47.3 Å². The van der Waals surface area contributed by atoms with Crippen LogP contribution in [0.2, 0.25) is 0 Å². The van der Waals surface area contributed by atoms with E-state index in [4.69, 9.17) is 53.1 Å². The zero-order valence-electron chi connectivity index (χ0n) is 59.9. The van der Waals surface area contributed by atoms with Crippen molar-refractivity contribution in [1.29, 1.82) is 0 Å². The molecule has 12 nitrogen and oxygen atoms in total. The largest absolute Gasteiger partial charge is 0.519 e. The van der Waals surface area contributed by atoms with Crippen molar-refractivity contribution in [2.75, 3.05) is 79.3 Å². The van der Waals surface area contributed by atoms with E-state index in [2.05, 4.69) is 209 Å². The minimum Gasteiger partial charge on any atom is -0.373 e. The zero-order valence-corrected chi connectivity index (χ0v) is 77.0. The first-order valence-electron chi connectivity index (χ1n) is 37.2. The molecule has 9 saturated carbocycles. The Morgan fingerprint density at radius 2 is 0.417 bits per heavy atom. The molecule has 0 aromatic heterocycles. The molecule has 12 unspecified atom stereocenters. The molecule has 0 amide bonds. The quantitative estimate of drug-likeness (QED) is 0.0249. The molecule has 8 bridgehead atoms. The van der Waals surface area contributed by atoms with E-state index in [-0.39, 0.29) is 25.6 Å². The fourth-order valence-electron chi connectivity index (χ4n) is 18.7. The van der Waals surface area contributed by atoms with E-state index in [0.29, 0.717) is 127 Å². The Morgan fingerprint density at radius 3 is 0.573 bits per heavy atom. The smallest absolute Gasteiger partial charge is 0.373 e. The number of hydrogen-bond acceptors (Lipinski definition) is 28. The molecule has 0 heterocycles. The summed E-state index contributed by atoms with van der Waals surface area (Å²) in [6, 6.07) is 0. The van der Waals surface area contributed by atoms with Gasteiger partial charge in [0.05, 0.1) is 0 Å². The van der Waals surface area contributed by atoms with Gasteiger partial charge in [0.2, 0.25) is 0 Å². The van der Waals surface area contributed by atoms with Gasteiger partial charge in [0, 0.05) is 79.3 Å². The maximum absolute atomic E-state index is 7.03. The molecular weight excluding hydrogens is 1590 g/mol. The second-order valence-corrected chi connectivity index (χ2v) is 66.0. The van der Waals surface area contributed by atoms with Gasteiger partial charge < -0.3 is 53.1 Å². The molecule has 12 atom stereocenters. The summed E-state index contributed by atoms with van der Waals surface area (Å²) < 4.78 is 83.0. The second kappa shape index (κ2) is 41.5. The van der Waals surface area contributed by atoms with Crippen molar-refractivity contribution < 1.29 is 53.1 Å². The molecule has 0 spiro atoms. The van der Waals surface area contributed by atoms with E-state index in [1.54, 1.807) is 0 Å². The van der Waals surface area contributed by atoms with Crippen LogP contribution in [0.4, 0.5) is 0 Å². The van der Waals surface area contributed by atoms with Gasteiger partial charge in [0.15, 0.2) is 0 Å². The number of rotatable bonds is 48. The molecule has 0 radical (unpaired) electrons. The van der Waals surface area contributed by atoms with Gasteiger partial charge in [-0.2, -0.15) is 0 Å². The molecule has 9 fully saturated rings. The highest BCUT2D eigenvalue weighted by Gasteiger charge is 2.74. The third-order valence-corrected chi connectivity index (χ3v) is 74.9. The van der Waals surface area contributed by atoms with Gasteiger partial charge in [-0.05, 0) is 299 Å². The lowest BCUT2D eigenvalue weighted by molar-refractivity contribution is 0.0494. The Hall–Kier alpha value is 5.99. The van der Waals surface area contributed by atoms with Crippen LogP contribution in [0.25, 0.3) is 0 Å². The topological polar surface area (TPSA) is 111 Å². The van der Waals surface area contributed by atoms with Gasteiger partial charge in [-0.3, -0.25) is 0 Å². The first kappa shape index (κ1) is 86.0. The Labute approximate surface area is 648 Å². The van der Waals surface area contributed by atoms with Crippen molar-refractivity contribution in [3.8, 4) is 0 Å². The van der Waals surface area contributed by atoms with Gasteiger partial charge in [0.25, 0.3) is 0 Å². The fraction of sp³-hybridized carbons (Fsp3) is 1.00. The molecule has 0 aliphatic heterocycles. The van der Waals surface area contributed by atoms with Crippen molar-refractivity contribution in [2.45, 2.75) is 276 Å². The van der Waals surface area contributed by atoms with Crippen molar-refractivity contribution in [3.05, 3.63) is 0 Å². The highest BCUT2D eigenvalue weighted by Crippen LogP contribution is 2.79. The molecule has 9 aliphatic rings. The summed E-state index contributed by atoms with van der Waals surface area (Å²) in [5.74, 6) is 4.79. The number of fused-ring (bicyclic) bond motifs is 8. The summed E-state index contributed by atoms with van der Waals surface area (Å²) in [5, 5.41) is 0. The average Bonchev–Trinajstić information content (AvgIpc) is 1.54. The van der Waals surface area contributed by atoms with Crippen molar-refractivity contribution in [3.63, 3.8) is 0 Å². The van der Waals surface area contributed by atoms with Crippen LogP contribution in [-0.2, 0) is 53.1 Å². The second-order valence-electron chi connectivity index (χ2n) is 27.3. The van der Waals surface area contributed by atoms with Crippen LogP contribution in [-0.4, -0.2) is 140 Å². The predicted molar refractivity (Wildman–Crippen MR) is 448 cm³/mol. The summed E-state index contributed by atoms with van der Waals surface area (Å²) in [7, 11) is 20.9. The summed E-state index contributed by atoms with van der Waals surface area (Å²) in [6.45, 7) is 32.9. The maximum Gasteiger partial charge on any atom is 0.519 e. The predicted octanol–water partition coefficient (Wildman–Crippen LogP) is 24.6. The van der Waals surface area contributed by atoms with Crippen LogP contribution < -0.4 is 0 Å². The molecule has 32 heteroatoms. The molecule has 0 N–H and O–H groups in total. The molecule has 9 rings (SSSR count). The SMILES string of the molecule is CCO[Si](OCC)(OCC)C1(SSSSC2(SSSSC3([Si](OCC)(OCC)OCC)CC4CCC3C4)CCCCCCCCCCC2(SSSSC2([Si](OCC)(OCC)OCC)CC3CCC2C3)SSSSC2([Si](OCC)(OCC)OCC)CC3CCC2C3)CC2CCC1C2. The van der Waals surface area contributed by atoms with Gasteiger partial charge in [-0.25, -0.2) is 0 Å². The Kier molecular flexibility index (Phi) is 37.2. The van der Waals surface area contributed by atoms with E-state index in [1.165, 1.54) is 128 Å². The van der Waals surface area contributed by atoms with Crippen molar-refractivity contribution in [1.82, 2.24) is 0 Å². The van der Waals surface area contributed by atoms with Gasteiger partial charge in [0.1, 0.15) is 25.6 Å². The van der Waals surface area contributed by atoms with E-state index in [1.807, 2.05) is 39.3 Å². The summed E-state index contributed by atoms with van der Waals surface area (Å²) >= 11 is 0. The minimum atomic E-state index is -3.17. The first-order chi connectivity index (χ1) is 46.7. The van der Waals surface area contributed by atoms with Crippen LogP contribution in [0.5, 0.6) is 0 Å². The summed E-state index contributed by atoms with van der Waals surface area (Å²) in [5.41, 5.74) is 0. The van der Waals surface area contributed by atoms with Crippen LogP contribution >= 0.6 is 165 Å². The normalized spacial score (nSPS) is 34.9. The van der Waals surface area contributed by atoms with Crippen LogP contribution in [0.15, 0.2) is 0 Å². The van der Waals surface area contributed by atoms with E-state index >= 15 is 0 Å². The lowest BCUT2D eigenvalue weighted by atomic mass is 9.99. The third kappa shape index (κ3) is 18.5. The lowest BCUT2D eigenvalue weighted by Gasteiger charge is -2.49. The highest BCUT2D eigenvalue weighted by atomic mass is 33.7. The van der Waals surface area contributed by atoms with Gasteiger partial charge in [-0.1, -0.05) is 163 Å². The molecule has 96 heavy (non-hydrogen) atoms. The van der Waals surface area contributed by atoms with Crippen LogP contribution in [0.3, 0.4) is 0 Å². The lowest BCUT2D eigenvalue weighted by Crippen LogP contribution is -2.65. The Bertz CT molecular complexity index is 1940. The average molecular weight is 1710 g/mol. The molecule has 0 aromatic rings. The summed E-state index contributed by atoms with van der Waals surface area (Å²) in [4.78, 5) is 0. The van der Waals surface area contributed by atoms with Crippen LogP contribution in [0, 0.1) is 47.3 Å². The fourth-order valence-corrected chi connectivity index (χ4v) is 81.5. The molecular formula is C64H120O12S16Si4.